The molecule has 1 saturated carbocycles. The van der Waals surface area contributed by atoms with Gasteiger partial charge in [-0.15, -0.1) is 0 Å². The summed E-state index contributed by atoms with van der Waals surface area (Å²) in [6.07, 6.45) is 7.06. The third-order valence-electron chi connectivity index (χ3n) is 3.34. The zero-order chi connectivity index (χ0) is 18.5. The highest BCUT2D eigenvalue weighted by molar-refractivity contribution is 6.32. The summed E-state index contributed by atoms with van der Waals surface area (Å²) in [6, 6.07) is 3.74. The van der Waals surface area contributed by atoms with Gasteiger partial charge in [0.05, 0.1) is 10.6 Å². The van der Waals surface area contributed by atoms with Crippen LogP contribution in [0, 0.1) is 5.82 Å². The summed E-state index contributed by atoms with van der Waals surface area (Å²) >= 11 is 5.46. The van der Waals surface area contributed by atoms with Crippen molar-refractivity contribution in [3.63, 3.8) is 0 Å². The van der Waals surface area contributed by atoms with Crippen molar-refractivity contribution in [2.45, 2.75) is 44.2 Å². The highest BCUT2D eigenvalue weighted by atomic mass is 35.5. The van der Waals surface area contributed by atoms with Crippen molar-refractivity contribution in [3.05, 3.63) is 34.6 Å². The van der Waals surface area contributed by atoms with E-state index >= 15 is 0 Å². The minimum Gasteiger partial charge on any atom is -0.480 e. The number of nitrogens with two attached hydrogens (primary N) is 3. The normalized spacial score (nSPS) is 15.2. The van der Waals surface area contributed by atoms with Crippen molar-refractivity contribution in [1.82, 2.24) is 0 Å². The fourth-order valence-electron chi connectivity index (χ4n) is 1.86. The van der Waals surface area contributed by atoms with Crippen molar-refractivity contribution in [3.8, 4) is 0 Å². The third-order valence-corrected chi connectivity index (χ3v) is 3.67. The largest absolute Gasteiger partial charge is 0.480 e. The first-order valence-corrected chi connectivity index (χ1v) is 8.04. The first kappa shape index (κ1) is 22.5. The molecule has 1 aliphatic carbocycles. The summed E-state index contributed by atoms with van der Waals surface area (Å²) < 4.78 is 12.5. The molecule has 7 N–H and O–H groups in total. The van der Waals surface area contributed by atoms with E-state index in [0.29, 0.717) is 12.3 Å². The summed E-state index contributed by atoms with van der Waals surface area (Å²) in [7, 11) is 0. The van der Waals surface area contributed by atoms with Crippen LogP contribution in [-0.4, -0.2) is 36.0 Å². The average Bonchev–Trinajstić information content (AvgIpc) is 2.56. The lowest BCUT2D eigenvalue weighted by Gasteiger charge is -2.15. The predicted molar refractivity (Wildman–Crippen MR) is 92.5 cm³/mol. The molecule has 0 heterocycles. The van der Waals surface area contributed by atoms with Gasteiger partial charge < -0.3 is 22.3 Å². The van der Waals surface area contributed by atoms with Crippen LogP contribution in [0.2, 0.25) is 5.02 Å². The SMILES string of the molecule is NC1CCCCC1.NCC(N)C(=O)O.O=Cc1c(F)cccc1Cl. The van der Waals surface area contributed by atoms with Crippen LogP contribution < -0.4 is 17.2 Å². The summed E-state index contributed by atoms with van der Waals surface area (Å²) in [6.45, 7) is -0.00463. The summed E-state index contributed by atoms with van der Waals surface area (Å²) in [4.78, 5) is 19.8. The second kappa shape index (κ2) is 12.8. The Hall–Kier alpha value is -1.54. The molecule has 1 fully saturated rings. The molecule has 2 rings (SSSR count). The molecule has 0 aromatic heterocycles. The van der Waals surface area contributed by atoms with Gasteiger partial charge in [0, 0.05) is 12.6 Å². The molecule has 0 spiro atoms. The first-order valence-electron chi connectivity index (χ1n) is 7.66. The summed E-state index contributed by atoms with van der Waals surface area (Å²) in [5, 5.41) is 8.13. The van der Waals surface area contributed by atoms with Gasteiger partial charge in [-0.3, -0.25) is 9.59 Å². The molecule has 1 aromatic rings. The van der Waals surface area contributed by atoms with Gasteiger partial charge in [-0.05, 0) is 25.0 Å². The lowest BCUT2D eigenvalue weighted by atomic mass is 9.97. The van der Waals surface area contributed by atoms with Crippen LogP contribution in [0.3, 0.4) is 0 Å². The van der Waals surface area contributed by atoms with Crippen molar-refractivity contribution < 1.29 is 19.1 Å². The number of carbonyl (C=O) groups is 2. The molecule has 0 aliphatic heterocycles. The van der Waals surface area contributed by atoms with E-state index in [1.165, 1.54) is 50.3 Å². The van der Waals surface area contributed by atoms with Crippen LogP contribution in [0.4, 0.5) is 4.39 Å². The molecule has 1 aliphatic rings. The van der Waals surface area contributed by atoms with Gasteiger partial charge in [-0.25, -0.2) is 4.39 Å². The Balaban J connectivity index is 0.000000340. The zero-order valence-corrected chi connectivity index (χ0v) is 14.2. The Morgan fingerprint density at radius 3 is 2.21 bits per heavy atom. The minimum atomic E-state index is -1.05. The van der Waals surface area contributed by atoms with Crippen LogP contribution in [0.25, 0.3) is 0 Å². The molecule has 136 valence electrons. The van der Waals surface area contributed by atoms with Crippen molar-refractivity contribution >= 4 is 23.9 Å². The van der Waals surface area contributed by atoms with Gasteiger partial charge in [-0.1, -0.05) is 36.9 Å². The van der Waals surface area contributed by atoms with E-state index in [-0.39, 0.29) is 17.1 Å². The minimum absolute atomic E-state index is 0.00463. The topological polar surface area (TPSA) is 132 Å². The highest BCUT2D eigenvalue weighted by Crippen LogP contribution is 2.16. The number of carboxylic acids is 1. The number of hydrogen-bond donors (Lipinski definition) is 4. The number of carbonyl (C=O) groups excluding carboxylic acids is 1. The van der Waals surface area contributed by atoms with Gasteiger partial charge in [0.15, 0.2) is 6.29 Å². The number of aldehydes is 1. The maximum Gasteiger partial charge on any atom is 0.321 e. The van der Waals surface area contributed by atoms with E-state index in [0.717, 1.165) is 0 Å². The second-order valence-electron chi connectivity index (χ2n) is 5.33. The number of aliphatic carboxylic acids is 1. The van der Waals surface area contributed by atoms with Gasteiger partial charge in [0.25, 0.3) is 0 Å². The van der Waals surface area contributed by atoms with Crippen LogP contribution in [0.1, 0.15) is 42.5 Å². The molecule has 1 aromatic carbocycles. The Morgan fingerprint density at radius 1 is 1.38 bits per heavy atom. The van der Waals surface area contributed by atoms with Crippen LogP contribution >= 0.6 is 11.6 Å². The molecule has 0 saturated heterocycles. The lowest BCUT2D eigenvalue weighted by molar-refractivity contribution is -0.138. The molecular formula is C16H25ClFN3O3. The van der Waals surface area contributed by atoms with Crippen LogP contribution in [-0.2, 0) is 4.79 Å². The molecule has 0 radical (unpaired) electrons. The van der Waals surface area contributed by atoms with E-state index < -0.39 is 17.8 Å². The molecule has 0 bridgehead atoms. The van der Waals surface area contributed by atoms with Gasteiger partial charge in [0.2, 0.25) is 0 Å². The fourth-order valence-corrected chi connectivity index (χ4v) is 2.07. The fraction of sp³-hybridized carbons (Fsp3) is 0.500. The summed E-state index contributed by atoms with van der Waals surface area (Å²) in [5.74, 6) is -1.63. The van der Waals surface area contributed by atoms with Crippen LogP contribution in [0.15, 0.2) is 18.2 Å². The monoisotopic (exact) mass is 361 g/mol. The Bertz CT molecular complexity index is 491. The molecule has 1 unspecified atom stereocenters. The zero-order valence-electron chi connectivity index (χ0n) is 13.5. The Kier molecular flexibility index (Phi) is 12.0. The maximum atomic E-state index is 12.5. The average molecular weight is 362 g/mol. The molecule has 24 heavy (non-hydrogen) atoms. The molecule has 6 nitrogen and oxygen atoms in total. The standard InChI is InChI=1S/C7H4ClFO.C6H13N.C3H8N2O2/c8-6-2-1-3-7(9)5(6)4-10;7-6-4-2-1-3-5-6;4-1-2(5)3(6)7/h1-4H;6H,1-5,7H2;2H,1,4-5H2,(H,6,7). The smallest absolute Gasteiger partial charge is 0.321 e. The maximum absolute atomic E-state index is 12.5. The van der Waals surface area contributed by atoms with Crippen molar-refractivity contribution in [2.24, 2.45) is 17.2 Å². The van der Waals surface area contributed by atoms with E-state index in [1.54, 1.807) is 0 Å². The number of halogens is 2. The lowest BCUT2D eigenvalue weighted by Crippen LogP contribution is -2.37. The van der Waals surface area contributed by atoms with Crippen molar-refractivity contribution in [1.29, 1.82) is 0 Å². The predicted octanol–water partition coefficient (Wildman–Crippen LogP) is 1.93. The number of hydrogen-bond acceptors (Lipinski definition) is 5. The number of carboxylic acid groups (broad SMARTS) is 1. The van der Waals surface area contributed by atoms with Gasteiger partial charge in [-0.2, -0.15) is 0 Å². The third kappa shape index (κ3) is 9.57. The first-order chi connectivity index (χ1) is 11.3. The second-order valence-corrected chi connectivity index (χ2v) is 5.74. The molecule has 0 amide bonds. The Morgan fingerprint density at radius 2 is 1.96 bits per heavy atom. The van der Waals surface area contributed by atoms with Crippen molar-refractivity contribution in [2.75, 3.05) is 6.54 Å². The van der Waals surface area contributed by atoms with Gasteiger partial charge in [0.1, 0.15) is 11.9 Å². The van der Waals surface area contributed by atoms with E-state index in [1.807, 2.05) is 0 Å². The quantitative estimate of drug-likeness (QED) is 0.608. The van der Waals surface area contributed by atoms with E-state index in [2.05, 4.69) is 0 Å². The van der Waals surface area contributed by atoms with Crippen LogP contribution in [0.5, 0.6) is 0 Å². The van der Waals surface area contributed by atoms with E-state index in [9.17, 15) is 14.0 Å². The molecule has 1 atom stereocenters. The Labute approximate surface area is 146 Å². The van der Waals surface area contributed by atoms with Gasteiger partial charge >= 0.3 is 5.97 Å². The summed E-state index contributed by atoms with van der Waals surface area (Å²) in [5.41, 5.74) is 15.3. The molecule has 8 heteroatoms. The highest BCUT2D eigenvalue weighted by Gasteiger charge is 2.06. The number of rotatable bonds is 3. The van der Waals surface area contributed by atoms with E-state index in [4.69, 9.17) is 33.9 Å². The number of benzene rings is 1. The molecular weight excluding hydrogens is 337 g/mol.